The highest BCUT2D eigenvalue weighted by atomic mass is 16.6. The summed E-state index contributed by atoms with van der Waals surface area (Å²) in [5, 5.41) is 0. The molecule has 0 fully saturated rings. The fourth-order valence-corrected chi connectivity index (χ4v) is 7.76. The van der Waals surface area contributed by atoms with Gasteiger partial charge in [-0.2, -0.15) is 0 Å². The SMILES string of the molecule is CC(C)CCCCCCCCCCCCCCCCCCCCC(=O)OC[C@H](COC(=O)CCCCCCCCCC(C)C)OC(=O)CCCCCCCCC(C)C. The summed E-state index contributed by atoms with van der Waals surface area (Å²) in [4.78, 5) is 37.8. The molecule has 0 aliphatic rings. The summed E-state index contributed by atoms with van der Waals surface area (Å²) >= 11 is 0. The van der Waals surface area contributed by atoms with Crippen molar-refractivity contribution in [2.24, 2.45) is 17.8 Å². The van der Waals surface area contributed by atoms with Crippen LogP contribution in [0.1, 0.15) is 279 Å². The minimum absolute atomic E-state index is 0.0663. The molecule has 0 rings (SSSR count). The number of hydrogen-bond donors (Lipinski definition) is 0. The van der Waals surface area contributed by atoms with Crippen LogP contribution in [0.5, 0.6) is 0 Å². The first kappa shape index (κ1) is 56.4. The van der Waals surface area contributed by atoms with Gasteiger partial charge in [0.15, 0.2) is 6.10 Å². The Morgan fingerprint density at radius 1 is 0.293 bits per heavy atom. The molecule has 0 aliphatic carbocycles. The summed E-state index contributed by atoms with van der Waals surface area (Å²) in [5.74, 6) is 1.54. The summed E-state index contributed by atoms with van der Waals surface area (Å²) in [6.45, 7) is 13.6. The van der Waals surface area contributed by atoms with E-state index >= 15 is 0 Å². The first-order chi connectivity index (χ1) is 28.1. The first-order valence-electron chi connectivity index (χ1n) is 25.6. The lowest BCUT2D eigenvalue weighted by Gasteiger charge is -2.18. The molecule has 0 aliphatic heterocycles. The molecular weight excluding hydrogens is 721 g/mol. The van der Waals surface area contributed by atoms with Gasteiger partial charge in [-0.05, 0) is 37.0 Å². The number of esters is 3. The zero-order valence-electron chi connectivity index (χ0n) is 39.8. The number of ether oxygens (including phenoxy) is 3. The van der Waals surface area contributed by atoms with Crippen molar-refractivity contribution in [1.82, 2.24) is 0 Å². The summed E-state index contributed by atoms with van der Waals surface area (Å²) in [6, 6.07) is 0. The summed E-state index contributed by atoms with van der Waals surface area (Å²) < 4.78 is 16.7. The molecule has 6 heteroatoms. The molecule has 0 aromatic rings. The highest BCUT2D eigenvalue weighted by Gasteiger charge is 2.19. The number of carbonyl (C=O) groups is 3. The van der Waals surface area contributed by atoms with Crippen molar-refractivity contribution in [3.8, 4) is 0 Å². The van der Waals surface area contributed by atoms with Crippen LogP contribution in [0.4, 0.5) is 0 Å². The Bertz CT molecular complexity index is 898. The Morgan fingerprint density at radius 3 is 0.741 bits per heavy atom. The van der Waals surface area contributed by atoms with Gasteiger partial charge in [-0.15, -0.1) is 0 Å². The lowest BCUT2D eigenvalue weighted by Crippen LogP contribution is -2.30. The highest BCUT2D eigenvalue weighted by Crippen LogP contribution is 2.17. The van der Waals surface area contributed by atoms with Gasteiger partial charge in [0.2, 0.25) is 0 Å². The Labute approximate surface area is 361 Å². The maximum atomic E-state index is 12.7. The fraction of sp³-hybridized carbons (Fsp3) is 0.942. The van der Waals surface area contributed by atoms with Crippen molar-refractivity contribution in [2.75, 3.05) is 13.2 Å². The summed E-state index contributed by atoms with van der Waals surface area (Å²) in [7, 11) is 0. The average molecular weight is 821 g/mol. The second-order valence-corrected chi connectivity index (χ2v) is 19.2. The normalized spacial score (nSPS) is 12.2. The molecule has 0 amide bonds. The average Bonchev–Trinajstić information content (AvgIpc) is 3.18. The smallest absolute Gasteiger partial charge is 0.306 e. The van der Waals surface area contributed by atoms with Crippen LogP contribution in [0, 0.1) is 17.8 Å². The minimum Gasteiger partial charge on any atom is -0.462 e. The maximum Gasteiger partial charge on any atom is 0.306 e. The van der Waals surface area contributed by atoms with E-state index in [1.807, 2.05) is 0 Å². The quantitative estimate of drug-likeness (QED) is 0.0346. The van der Waals surface area contributed by atoms with Gasteiger partial charge >= 0.3 is 17.9 Å². The zero-order valence-corrected chi connectivity index (χ0v) is 39.8. The second-order valence-electron chi connectivity index (χ2n) is 19.2. The van der Waals surface area contributed by atoms with Crippen molar-refractivity contribution in [2.45, 2.75) is 285 Å². The van der Waals surface area contributed by atoms with Crippen LogP contribution in [0.25, 0.3) is 0 Å². The first-order valence-corrected chi connectivity index (χ1v) is 25.6. The third-order valence-corrected chi connectivity index (χ3v) is 11.6. The zero-order chi connectivity index (χ0) is 42.7. The van der Waals surface area contributed by atoms with E-state index in [9.17, 15) is 14.4 Å². The van der Waals surface area contributed by atoms with Gasteiger partial charge in [0.25, 0.3) is 0 Å². The van der Waals surface area contributed by atoms with Crippen LogP contribution in [0.2, 0.25) is 0 Å². The molecule has 0 bridgehead atoms. The van der Waals surface area contributed by atoms with Gasteiger partial charge in [-0.1, -0.05) is 241 Å². The van der Waals surface area contributed by atoms with Gasteiger partial charge in [0.05, 0.1) is 0 Å². The van der Waals surface area contributed by atoms with Crippen LogP contribution in [0.15, 0.2) is 0 Å². The molecule has 344 valence electrons. The van der Waals surface area contributed by atoms with Crippen LogP contribution in [-0.2, 0) is 28.6 Å². The van der Waals surface area contributed by atoms with Crippen molar-refractivity contribution in [3.05, 3.63) is 0 Å². The van der Waals surface area contributed by atoms with Crippen LogP contribution >= 0.6 is 0 Å². The Morgan fingerprint density at radius 2 is 0.500 bits per heavy atom. The van der Waals surface area contributed by atoms with Crippen LogP contribution in [-0.4, -0.2) is 37.2 Å². The topological polar surface area (TPSA) is 78.9 Å². The van der Waals surface area contributed by atoms with E-state index in [1.54, 1.807) is 0 Å². The van der Waals surface area contributed by atoms with E-state index in [0.717, 1.165) is 75.5 Å². The van der Waals surface area contributed by atoms with Gasteiger partial charge < -0.3 is 14.2 Å². The highest BCUT2D eigenvalue weighted by molar-refractivity contribution is 5.71. The van der Waals surface area contributed by atoms with E-state index < -0.39 is 6.10 Å². The van der Waals surface area contributed by atoms with E-state index in [4.69, 9.17) is 14.2 Å². The molecular formula is C52H100O6. The lowest BCUT2D eigenvalue weighted by atomic mass is 10.0. The van der Waals surface area contributed by atoms with Crippen molar-refractivity contribution >= 4 is 17.9 Å². The van der Waals surface area contributed by atoms with Crippen LogP contribution in [0.3, 0.4) is 0 Å². The third-order valence-electron chi connectivity index (χ3n) is 11.6. The summed E-state index contributed by atoms with van der Waals surface area (Å²) in [6.07, 6.45) is 42.7. The van der Waals surface area contributed by atoms with E-state index in [1.165, 1.54) is 161 Å². The molecule has 1 atom stereocenters. The van der Waals surface area contributed by atoms with Gasteiger partial charge in [0.1, 0.15) is 13.2 Å². The predicted molar refractivity (Wildman–Crippen MR) is 247 cm³/mol. The molecule has 0 aromatic heterocycles. The number of carbonyl (C=O) groups excluding carboxylic acids is 3. The van der Waals surface area contributed by atoms with E-state index in [2.05, 4.69) is 41.5 Å². The molecule has 0 saturated heterocycles. The largest absolute Gasteiger partial charge is 0.462 e. The predicted octanol–water partition coefficient (Wildman–Crippen LogP) is 16.4. The number of hydrogen-bond acceptors (Lipinski definition) is 6. The standard InChI is InChI=1S/C52H100O6/c1-46(2)38-32-26-20-17-15-13-11-9-7-8-10-12-14-16-18-22-29-35-41-50(53)56-44-49(58-52(55)43-37-31-25-24-28-34-40-48(5)6)45-57-51(54)42-36-30-23-19-21-27-33-39-47(3)4/h46-49H,7-45H2,1-6H3/t49-/m1/s1. The molecule has 0 radical (unpaired) electrons. The Kier molecular flexibility index (Phi) is 42.3. The van der Waals surface area contributed by atoms with Crippen molar-refractivity contribution in [3.63, 3.8) is 0 Å². The van der Waals surface area contributed by atoms with Crippen LogP contribution < -0.4 is 0 Å². The molecule has 58 heavy (non-hydrogen) atoms. The molecule has 6 nitrogen and oxygen atoms in total. The summed E-state index contributed by atoms with van der Waals surface area (Å²) in [5.41, 5.74) is 0. The minimum atomic E-state index is -0.763. The van der Waals surface area contributed by atoms with Gasteiger partial charge in [-0.25, -0.2) is 0 Å². The van der Waals surface area contributed by atoms with Crippen molar-refractivity contribution in [1.29, 1.82) is 0 Å². The van der Waals surface area contributed by atoms with Crippen molar-refractivity contribution < 1.29 is 28.6 Å². The van der Waals surface area contributed by atoms with E-state index in [0.29, 0.717) is 19.3 Å². The third kappa shape index (κ3) is 45.5. The van der Waals surface area contributed by atoms with E-state index in [-0.39, 0.29) is 31.1 Å². The molecule has 0 saturated carbocycles. The van der Waals surface area contributed by atoms with Gasteiger partial charge in [-0.3, -0.25) is 14.4 Å². The Hall–Kier alpha value is -1.59. The lowest BCUT2D eigenvalue weighted by molar-refractivity contribution is -0.167. The molecule has 0 aromatic carbocycles. The number of unbranched alkanes of at least 4 members (excludes halogenated alkanes) is 28. The maximum absolute atomic E-state index is 12.7. The monoisotopic (exact) mass is 821 g/mol. The van der Waals surface area contributed by atoms with Gasteiger partial charge in [0, 0.05) is 19.3 Å². The Balaban J connectivity index is 4.15. The molecule has 0 spiro atoms. The second kappa shape index (κ2) is 43.5. The molecule has 0 unspecified atom stereocenters. The molecule has 0 heterocycles. The number of rotatable bonds is 45. The fourth-order valence-electron chi connectivity index (χ4n) is 7.76. The molecule has 0 N–H and O–H groups in total.